The van der Waals surface area contributed by atoms with Gasteiger partial charge in [0, 0.05) is 32.6 Å². The zero-order valence-corrected chi connectivity index (χ0v) is 10.8. The number of nitrogens with zero attached hydrogens (tertiary/aromatic N) is 1. The van der Waals surface area contributed by atoms with Crippen LogP contribution in [0.1, 0.15) is 21.7 Å². The van der Waals surface area contributed by atoms with Crippen LogP contribution in [0.25, 0.3) is 0 Å². The Kier molecular flexibility index (Phi) is 4.29. The Morgan fingerprint density at radius 2 is 2.39 bits per heavy atom. The summed E-state index contributed by atoms with van der Waals surface area (Å²) in [4.78, 5) is 25.6. The van der Waals surface area contributed by atoms with E-state index in [0.29, 0.717) is 30.9 Å². The molecule has 1 aliphatic heterocycles. The van der Waals surface area contributed by atoms with Gasteiger partial charge in [-0.2, -0.15) is 0 Å². The maximum atomic E-state index is 11.5. The number of hydrogen-bond acceptors (Lipinski definition) is 5. The highest BCUT2D eigenvalue weighted by Gasteiger charge is 2.17. The van der Waals surface area contributed by atoms with Crippen molar-refractivity contribution in [3.8, 4) is 0 Å². The van der Waals surface area contributed by atoms with Gasteiger partial charge in [0.05, 0.1) is 4.88 Å². The van der Waals surface area contributed by atoms with E-state index >= 15 is 0 Å². The number of nitrogens with two attached hydrogens (primary N) is 1. The molecule has 2 amide bonds. The van der Waals surface area contributed by atoms with Gasteiger partial charge in [-0.3, -0.25) is 19.9 Å². The smallest absolute Gasteiger partial charge is 0.275 e. The largest absolute Gasteiger partial charge is 0.355 e. The standard InChI is InChI=1S/C11H16N4O2S/c12-14-11(17)10-8(2-6-18-10)7-15-4-1-9(16)13-3-5-15/h2,6H,1,3-5,7,12H2,(H,13,16)(H,14,17). The van der Waals surface area contributed by atoms with Crippen LogP contribution in [0.15, 0.2) is 11.4 Å². The molecule has 1 fully saturated rings. The van der Waals surface area contributed by atoms with Crippen molar-refractivity contribution in [2.24, 2.45) is 5.84 Å². The van der Waals surface area contributed by atoms with Gasteiger partial charge in [0.25, 0.3) is 5.91 Å². The summed E-state index contributed by atoms with van der Waals surface area (Å²) in [7, 11) is 0. The number of carbonyl (C=O) groups is 2. The third kappa shape index (κ3) is 3.06. The maximum Gasteiger partial charge on any atom is 0.275 e. The lowest BCUT2D eigenvalue weighted by atomic mass is 10.2. The first kappa shape index (κ1) is 13.0. The Balaban J connectivity index is 2.02. The van der Waals surface area contributed by atoms with Crippen LogP contribution in [0, 0.1) is 0 Å². The molecule has 0 aromatic carbocycles. The van der Waals surface area contributed by atoms with E-state index in [2.05, 4.69) is 15.6 Å². The zero-order valence-electron chi connectivity index (χ0n) is 9.94. The summed E-state index contributed by atoms with van der Waals surface area (Å²) in [6.07, 6.45) is 0.503. The predicted octanol–water partition coefficient (Wildman–Crippen LogP) is -0.327. The molecule has 0 saturated carbocycles. The SMILES string of the molecule is NNC(=O)c1sccc1CN1CCNC(=O)CC1. The number of carbonyl (C=O) groups excluding carboxylic acids is 2. The van der Waals surface area contributed by atoms with Gasteiger partial charge < -0.3 is 5.32 Å². The van der Waals surface area contributed by atoms with Gasteiger partial charge in [-0.15, -0.1) is 11.3 Å². The van der Waals surface area contributed by atoms with Gasteiger partial charge in [-0.25, -0.2) is 5.84 Å². The fraction of sp³-hybridized carbons (Fsp3) is 0.455. The molecule has 98 valence electrons. The van der Waals surface area contributed by atoms with Crippen LogP contribution in [-0.2, 0) is 11.3 Å². The molecule has 0 atom stereocenters. The third-order valence-electron chi connectivity index (χ3n) is 2.88. The second-order valence-electron chi connectivity index (χ2n) is 4.12. The molecule has 0 spiro atoms. The van der Waals surface area contributed by atoms with Crippen molar-refractivity contribution in [2.45, 2.75) is 13.0 Å². The van der Waals surface area contributed by atoms with Crippen LogP contribution >= 0.6 is 11.3 Å². The average Bonchev–Trinajstić information content (AvgIpc) is 2.73. The predicted molar refractivity (Wildman–Crippen MR) is 68.9 cm³/mol. The normalized spacial score (nSPS) is 17.1. The fourth-order valence-electron chi connectivity index (χ4n) is 1.94. The zero-order chi connectivity index (χ0) is 13.0. The number of hydrazine groups is 1. The molecule has 0 bridgehead atoms. The second kappa shape index (κ2) is 5.94. The molecule has 0 unspecified atom stereocenters. The molecule has 6 nitrogen and oxygen atoms in total. The van der Waals surface area contributed by atoms with Crippen molar-refractivity contribution in [2.75, 3.05) is 19.6 Å². The van der Waals surface area contributed by atoms with Gasteiger partial charge in [0.2, 0.25) is 5.91 Å². The van der Waals surface area contributed by atoms with Crippen molar-refractivity contribution in [1.82, 2.24) is 15.6 Å². The summed E-state index contributed by atoms with van der Waals surface area (Å²) in [6.45, 7) is 2.83. The summed E-state index contributed by atoms with van der Waals surface area (Å²) < 4.78 is 0. The topological polar surface area (TPSA) is 87.5 Å². The molecule has 2 heterocycles. The van der Waals surface area contributed by atoms with Crippen LogP contribution < -0.4 is 16.6 Å². The number of rotatable bonds is 3. The van der Waals surface area contributed by atoms with Crippen molar-refractivity contribution in [1.29, 1.82) is 0 Å². The van der Waals surface area contributed by atoms with E-state index in [1.807, 2.05) is 11.4 Å². The Morgan fingerprint density at radius 1 is 1.56 bits per heavy atom. The number of thiophene rings is 1. The van der Waals surface area contributed by atoms with E-state index in [4.69, 9.17) is 5.84 Å². The first-order valence-electron chi connectivity index (χ1n) is 5.77. The average molecular weight is 268 g/mol. The Bertz CT molecular complexity index is 446. The minimum atomic E-state index is -0.260. The van der Waals surface area contributed by atoms with Crippen LogP contribution in [0.3, 0.4) is 0 Å². The summed E-state index contributed by atoms with van der Waals surface area (Å²) in [5, 5.41) is 4.70. The number of hydrogen-bond donors (Lipinski definition) is 3. The molecule has 2 rings (SSSR count). The van der Waals surface area contributed by atoms with Crippen molar-refractivity contribution >= 4 is 23.2 Å². The van der Waals surface area contributed by atoms with E-state index in [0.717, 1.165) is 12.1 Å². The molecule has 0 aliphatic carbocycles. The van der Waals surface area contributed by atoms with Crippen LogP contribution in [0.4, 0.5) is 0 Å². The third-order valence-corrected chi connectivity index (χ3v) is 3.84. The first-order valence-corrected chi connectivity index (χ1v) is 6.65. The quantitative estimate of drug-likeness (QED) is 0.398. The number of amides is 2. The molecule has 7 heteroatoms. The molecule has 1 aromatic heterocycles. The van der Waals surface area contributed by atoms with Crippen LogP contribution in [0.5, 0.6) is 0 Å². The van der Waals surface area contributed by atoms with Gasteiger partial charge >= 0.3 is 0 Å². The lowest BCUT2D eigenvalue weighted by Crippen LogP contribution is -2.32. The van der Waals surface area contributed by atoms with E-state index in [1.165, 1.54) is 11.3 Å². The van der Waals surface area contributed by atoms with E-state index in [-0.39, 0.29) is 11.8 Å². The van der Waals surface area contributed by atoms with Crippen molar-refractivity contribution in [3.63, 3.8) is 0 Å². The molecule has 1 aliphatic rings. The lowest BCUT2D eigenvalue weighted by molar-refractivity contribution is -0.120. The Morgan fingerprint density at radius 3 is 3.17 bits per heavy atom. The van der Waals surface area contributed by atoms with E-state index in [1.54, 1.807) is 0 Å². The summed E-state index contributed by atoms with van der Waals surface area (Å²) in [6, 6.07) is 1.93. The molecule has 1 saturated heterocycles. The summed E-state index contributed by atoms with van der Waals surface area (Å²) in [5.74, 6) is 4.97. The van der Waals surface area contributed by atoms with Crippen LogP contribution in [-0.4, -0.2) is 36.3 Å². The minimum absolute atomic E-state index is 0.0859. The van der Waals surface area contributed by atoms with Crippen molar-refractivity contribution < 1.29 is 9.59 Å². The highest BCUT2D eigenvalue weighted by molar-refractivity contribution is 7.12. The van der Waals surface area contributed by atoms with Crippen molar-refractivity contribution in [3.05, 3.63) is 21.9 Å². The number of nitrogens with one attached hydrogen (secondary N) is 2. The second-order valence-corrected chi connectivity index (χ2v) is 5.04. The first-order chi connectivity index (χ1) is 8.70. The van der Waals surface area contributed by atoms with Gasteiger partial charge in [-0.1, -0.05) is 0 Å². The Hall–Kier alpha value is -1.44. The maximum absolute atomic E-state index is 11.5. The Labute approximate surface area is 109 Å². The molecule has 18 heavy (non-hydrogen) atoms. The minimum Gasteiger partial charge on any atom is -0.355 e. The van der Waals surface area contributed by atoms with Crippen LogP contribution in [0.2, 0.25) is 0 Å². The summed E-state index contributed by atoms with van der Waals surface area (Å²) >= 11 is 1.38. The molecular weight excluding hydrogens is 252 g/mol. The fourth-order valence-corrected chi connectivity index (χ4v) is 2.76. The lowest BCUT2D eigenvalue weighted by Gasteiger charge is -2.18. The molecule has 4 N–H and O–H groups in total. The van der Waals surface area contributed by atoms with Gasteiger partial charge in [0.15, 0.2) is 0 Å². The number of nitrogen functional groups attached to an aromatic ring is 1. The highest BCUT2D eigenvalue weighted by atomic mass is 32.1. The molecular formula is C11H16N4O2S. The molecule has 1 aromatic rings. The highest BCUT2D eigenvalue weighted by Crippen LogP contribution is 2.18. The monoisotopic (exact) mass is 268 g/mol. The summed E-state index contributed by atoms with van der Waals surface area (Å²) in [5.41, 5.74) is 3.11. The molecule has 0 radical (unpaired) electrons. The van der Waals surface area contributed by atoms with E-state index < -0.39 is 0 Å². The van der Waals surface area contributed by atoms with Gasteiger partial charge in [-0.05, 0) is 17.0 Å². The van der Waals surface area contributed by atoms with E-state index in [9.17, 15) is 9.59 Å². The van der Waals surface area contributed by atoms with Gasteiger partial charge in [0.1, 0.15) is 0 Å².